The van der Waals surface area contributed by atoms with Crippen molar-refractivity contribution in [2.75, 3.05) is 38.0 Å². The van der Waals surface area contributed by atoms with Gasteiger partial charge >= 0.3 is 6.09 Å². The van der Waals surface area contributed by atoms with E-state index in [-0.39, 0.29) is 17.4 Å². The summed E-state index contributed by atoms with van der Waals surface area (Å²) in [6, 6.07) is 16.2. The van der Waals surface area contributed by atoms with Crippen LogP contribution < -0.4 is 10.1 Å². The van der Waals surface area contributed by atoms with E-state index >= 15 is 4.39 Å². The lowest BCUT2D eigenvalue weighted by Crippen LogP contribution is -2.39. The molecule has 2 aliphatic heterocycles. The summed E-state index contributed by atoms with van der Waals surface area (Å²) < 4.78 is 36.4. The average molecular weight is 767 g/mol. The molecule has 4 N–H and O–H groups in total. The summed E-state index contributed by atoms with van der Waals surface area (Å²) in [6.07, 6.45) is 6.86. The fraction of sp³-hybridized carbons (Fsp3) is 0.395. The van der Waals surface area contributed by atoms with Crippen molar-refractivity contribution >= 4 is 28.7 Å². The largest absolute Gasteiger partial charge is 0.490 e. The number of piperidine rings is 2. The molecule has 2 aromatic heterocycles. The summed E-state index contributed by atoms with van der Waals surface area (Å²) in [5.74, 6) is -0.735. The first-order valence-electron chi connectivity index (χ1n) is 19.3. The molecular formula is C43H48F2N6O5. The maximum absolute atomic E-state index is 15.1. The van der Waals surface area contributed by atoms with Crippen molar-refractivity contribution in [1.82, 2.24) is 24.8 Å². The highest BCUT2D eigenvalue weighted by molar-refractivity contribution is 6.06. The smallest absolute Gasteiger partial charge is 0.407 e. The van der Waals surface area contributed by atoms with E-state index in [0.29, 0.717) is 52.4 Å². The Morgan fingerprint density at radius 2 is 1.70 bits per heavy atom. The Bertz CT molecular complexity index is 2200. The quantitative estimate of drug-likeness (QED) is 0.105. The molecule has 0 aliphatic carbocycles. The van der Waals surface area contributed by atoms with Gasteiger partial charge in [0.25, 0.3) is 5.91 Å². The van der Waals surface area contributed by atoms with Gasteiger partial charge in [0.1, 0.15) is 35.5 Å². The van der Waals surface area contributed by atoms with Gasteiger partial charge in [-0.15, -0.1) is 0 Å². The number of H-pyrrole nitrogens is 1. The van der Waals surface area contributed by atoms with Crippen molar-refractivity contribution in [3.05, 3.63) is 95.3 Å². The van der Waals surface area contributed by atoms with Gasteiger partial charge in [-0.05, 0) is 143 Å². The summed E-state index contributed by atoms with van der Waals surface area (Å²) in [5.41, 5.74) is 2.70. The zero-order valence-electron chi connectivity index (χ0n) is 31.9. The number of benzene rings is 3. The summed E-state index contributed by atoms with van der Waals surface area (Å²) in [7, 11) is 0. The van der Waals surface area contributed by atoms with E-state index in [9.17, 15) is 19.1 Å². The first-order valence-corrected chi connectivity index (χ1v) is 19.3. The third-order valence-corrected chi connectivity index (χ3v) is 11.2. The third kappa shape index (κ3) is 8.84. The van der Waals surface area contributed by atoms with Crippen LogP contribution in [0.4, 0.5) is 19.3 Å². The Balaban J connectivity index is 0.972. The van der Waals surface area contributed by atoms with E-state index in [2.05, 4.69) is 25.2 Å². The fourth-order valence-corrected chi connectivity index (χ4v) is 7.81. The highest BCUT2D eigenvalue weighted by atomic mass is 19.1. The first-order chi connectivity index (χ1) is 26.8. The van der Waals surface area contributed by atoms with Crippen molar-refractivity contribution in [3.63, 3.8) is 0 Å². The third-order valence-electron chi connectivity index (χ3n) is 11.2. The van der Waals surface area contributed by atoms with E-state index in [0.717, 1.165) is 81.2 Å². The predicted molar refractivity (Wildman–Crippen MR) is 211 cm³/mol. The Morgan fingerprint density at radius 3 is 2.38 bits per heavy atom. The van der Waals surface area contributed by atoms with E-state index < -0.39 is 29.2 Å². The van der Waals surface area contributed by atoms with Gasteiger partial charge in [-0.25, -0.2) is 23.5 Å². The normalized spacial score (nSPS) is 16.0. The highest BCUT2D eigenvalue weighted by Gasteiger charge is 2.25. The number of ether oxygens (including phenoxy) is 1. The summed E-state index contributed by atoms with van der Waals surface area (Å²) in [6.45, 7) is 9.14. The Kier molecular flexibility index (Phi) is 11.4. The molecule has 0 spiro atoms. The molecule has 0 atom stereocenters. The zero-order chi connectivity index (χ0) is 39.6. The molecule has 2 saturated heterocycles. The van der Waals surface area contributed by atoms with Crippen LogP contribution in [-0.4, -0.2) is 85.8 Å². The number of fused-ring (bicyclic) bond motifs is 1. The molecule has 294 valence electrons. The van der Waals surface area contributed by atoms with Crippen molar-refractivity contribution in [3.8, 4) is 28.3 Å². The summed E-state index contributed by atoms with van der Waals surface area (Å²) in [5, 5.41) is 22.7. The number of carbonyl (C=O) groups excluding carboxylic acids is 1. The fourth-order valence-electron chi connectivity index (χ4n) is 7.81. The number of rotatable bonds is 11. The molecule has 11 nitrogen and oxygen atoms in total. The number of hydrogen-bond donors (Lipinski definition) is 4. The maximum Gasteiger partial charge on any atom is 0.407 e. The number of carboxylic acid groups (broad SMARTS) is 1. The Hall–Kier alpha value is -5.40. The number of anilines is 1. The monoisotopic (exact) mass is 766 g/mol. The number of nitrogens with zero attached hydrogens (tertiary/aromatic N) is 4. The second-order valence-corrected chi connectivity index (χ2v) is 15.5. The zero-order valence-corrected chi connectivity index (χ0v) is 31.9. The summed E-state index contributed by atoms with van der Waals surface area (Å²) in [4.78, 5) is 40.6. The minimum Gasteiger partial charge on any atom is -0.490 e. The predicted octanol–water partition coefficient (Wildman–Crippen LogP) is 8.37. The summed E-state index contributed by atoms with van der Waals surface area (Å²) >= 11 is 0. The second kappa shape index (κ2) is 16.4. The minimum atomic E-state index is -1.28. The number of hydrogen-bond acceptors (Lipinski definition) is 7. The van der Waals surface area contributed by atoms with Gasteiger partial charge in [-0.2, -0.15) is 0 Å². The highest BCUT2D eigenvalue weighted by Crippen LogP contribution is 2.36. The number of carbonyl (C=O) groups is 2. The first kappa shape index (κ1) is 38.9. The number of amides is 2. The molecule has 2 fully saturated rings. The molecular weight excluding hydrogens is 719 g/mol. The van der Waals surface area contributed by atoms with Crippen molar-refractivity contribution < 1.29 is 33.3 Å². The lowest BCUT2D eigenvalue weighted by Gasteiger charge is -2.33. The van der Waals surface area contributed by atoms with Crippen LogP contribution in [0.25, 0.3) is 33.5 Å². The molecule has 2 aliphatic rings. The lowest BCUT2D eigenvalue weighted by molar-refractivity contribution is 0.0780. The van der Waals surface area contributed by atoms with Gasteiger partial charge in [0.05, 0.1) is 16.9 Å². The topological polar surface area (TPSA) is 144 Å². The van der Waals surface area contributed by atoms with Crippen LogP contribution in [0.3, 0.4) is 0 Å². The van der Waals surface area contributed by atoms with Crippen LogP contribution in [0.2, 0.25) is 0 Å². The van der Waals surface area contributed by atoms with Crippen LogP contribution in [0.1, 0.15) is 73.9 Å². The standard InChI is InChI=1S/C43H48F2N6O5/c1-26-34(22-30(44)23-37(26)49-41(52)33-11-8-29(21-36(33)45)43(2,3)55)39-35-24-38(48-40(35)47-25-46-39)28-6-9-31(10-7-28)56-32-14-17-50(18-15-32)16-4-5-27-12-19-51(20-13-27)42(53)54/h6-11,21-25,27,32,55H,4-5,12-20H2,1-3H3,(H,49,52)(H,53,54)(H,46,47,48). The van der Waals surface area contributed by atoms with Gasteiger partial charge in [-0.1, -0.05) is 6.07 Å². The van der Waals surface area contributed by atoms with E-state index in [1.165, 1.54) is 49.3 Å². The van der Waals surface area contributed by atoms with Crippen LogP contribution in [0, 0.1) is 24.5 Å². The molecule has 5 aromatic rings. The number of aromatic amines is 1. The molecule has 13 heteroatoms. The number of aromatic nitrogens is 3. The Labute approximate surface area is 324 Å². The van der Waals surface area contributed by atoms with Crippen LogP contribution >= 0.6 is 0 Å². The van der Waals surface area contributed by atoms with Crippen molar-refractivity contribution in [2.24, 2.45) is 5.92 Å². The van der Waals surface area contributed by atoms with Gasteiger partial charge in [0.2, 0.25) is 0 Å². The van der Waals surface area contributed by atoms with Gasteiger partial charge in [0.15, 0.2) is 0 Å². The van der Waals surface area contributed by atoms with Crippen LogP contribution in [-0.2, 0) is 5.60 Å². The van der Waals surface area contributed by atoms with Crippen molar-refractivity contribution in [2.45, 2.75) is 71.0 Å². The number of nitrogens with one attached hydrogen (secondary N) is 2. The van der Waals surface area contributed by atoms with E-state index in [1.807, 2.05) is 30.3 Å². The van der Waals surface area contributed by atoms with Crippen molar-refractivity contribution in [1.29, 1.82) is 0 Å². The molecule has 2 amide bonds. The maximum atomic E-state index is 15.1. The van der Waals surface area contributed by atoms with Gasteiger partial charge in [-0.3, -0.25) is 4.79 Å². The molecule has 0 radical (unpaired) electrons. The number of aliphatic hydroxyl groups is 1. The number of likely N-dealkylation sites (tertiary alicyclic amines) is 2. The SMILES string of the molecule is Cc1c(NC(=O)c2ccc(C(C)(C)O)cc2F)cc(F)cc1-c1ncnc2[nH]c(-c3ccc(OC4CCN(CCCC5CCN(C(=O)O)CC5)CC4)cc3)cc12. The molecule has 56 heavy (non-hydrogen) atoms. The average Bonchev–Trinajstić information content (AvgIpc) is 3.62. The van der Waals surface area contributed by atoms with Gasteiger partial charge < -0.3 is 35.1 Å². The minimum absolute atomic E-state index is 0.144. The van der Waals surface area contributed by atoms with E-state index in [4.69, 9.17) is 9.84 Å². The lowest BCUT2D eigenvalue weighted by atomic mass is 9.92. The van der Waals surface area contributed by atoms with Gasteiger partial charge in [0, 0.05) is 48.5 Å². The van der Waals surface area contributed by atoms with Crippen LogP contribution in [0.5, 0.6) is 5.75 Å². The number of halogens is 2. The molecule has 0 bridgehead atoms. The molecule has 0 unspecified atom stereocenters. The molecule has 3 aromatic carbocycles. The van der Waals surface area contributed by atoms with E-state index in [1.54, 1.807) is 6.92 Å². The second-order valence-electron chi connectivity index (χ2n) is 15.5. The van der Waals surface area contributed by atoms with Crippen LogP contribution in [0.15, 0.2) is 67.0 Å². The molecule has 7 rings (SSSR count). The molecule has 4 heterocycles. The Morgan fingerprint density at radius 1 is 0.964 bits per heavy atom. The molecule has 0 saturated carbocycles.